The Hall–Kier alpha value is -1.00. The number of benzene rings is 1. The van der Waals surface area contributed by atoms with Crippen molar-refractivity contribution in [1.29, 1.82) is 0 Å². The fourth-order valence-corrected chi connectivity index (χ4v) is 3.16. The highest BCUT2D eigenvalue weighted by molar-refractivity contribution is 7.99. The molecule has 0 aliphatic rings. The van der Waals surface area contributed by atoms with Crippen LogP contribution in [0.2, 0.25) is 0 Å². The maximum Gasteiger partial charge on any atom is 0.323 e. The second-order valence-corrected chi connectivity index (χ2v) is 6.44. The molecule has 0 bridgehead atoms. The van der Waals surface area contributed by atoms with Gasteiger partial charge in [0.05, 0.1) is 0 Å². The Morgan fingerprint density at radius 1 is 1.42 bits per heavy atom. The van der Waals surface area contributed by atoms with E-state index in [1.807, 2.05) is 26.0 Å². The molecule has 0 aromatic heterocycles. The third kappa shape index (κ3) is 4.88. The number of carboxylic acids is 1. The van der Waals surface area contributed by atoms with Gasteiger partial charge in [-0.05, 0) is 45.7 Å². The fourth-order valence-electron chi connectivity index (χ4n) is 1.96. The van der Waals surface area contributed by atoms with Crippen LogP contribution in [0.5, 0.6) is 0 Å². The van der Waals surface area contributed by atoms with Gasteiger partial charge < -0.3 is 5.11 Å². The molecule has 1 rings (SSSR count). The van der Waals surface area contributed by atoms with Crippen LogP contribution in [0.15, 0.2) is 29.2 Å². The van der Waals surface area contributed by atoms with Crippen LogP contribution in [0.25, 0.3) is 0 Å². The zero-order chi connectivity index (χ0) is 14.5. The number of aryl methyl sites for hydroxylation is 1. The van der Waals surface area contributed by atoms with Crippen LogP contribution in [-0.2, 0) is 4.79 Å². The van der Waals surface area contributed by atoms with E-state index in [0.717, 1.165) is 5.75 Å². The van der Waals surface area contributed by atoms with E-state index in [1.54, 1.807) is 18.7 Å². The summed E-state index contributed by atoms with van der Waals surface area (Å²) in [7, 11) is 0. The molecule has 0 amide bonds. The van der Waals surface area contributed by atoms with Crippen LogP contribution in [0.4, 0.5) is 0 Å². The highest BCUT2D eigenvalue weighted by Crippen LogP contribution is 2.25. The molecule has 0 heterocycles. The maximum atomic E-state index is 11.4. The molecule has 0 aliphatic heterocycles. The third-order valence-electron chi connectivity index (χ3n) is 3.03. The molecular formula is C15H23NO2S. The van der Waals surface area contributed by atoms with Crippen molar-refractivity contribution in [3.05, 3.63) is 29.8 Å². The van der Waals surface area contributed by atoms with Gasteiger partial charge in [0.15, 0.2) is 0 Å². The summed E-state index contributed by atoms with van der Waals surface area (Å²) >= 11 is 1.72. The molecule has 0 saturated heterocycles. The molecule has 0 radical (unpaired) electrons. The summed E-state index contributed by atoms with van der Waals surface area (Å²) in [5, 5.41) is 12.5. The molecule has 1 atom stereocenters. The van der Waals surface area contributed by atoms with Crippen LogP contribution in [0.1, 0.15) is 32.8 Å². The molecule has 2 N–H and O–H groups in total. The summed E-state index contributed by atoms with van der Waals surface area (Å²) < 4.78 is 0. The second kappa shape index (κ2) is 6.96. The Bertz CT molecular complexity index is 434. The summed E-state index contributed by atoms with van der Waals surface area (Å²) in [5.41, 5.74) is 0.380. The van der Waals surface area contributed by atoms with Gasteiger partial charge in [0.2, 0.25) is 0 Å². The monoisotopic (exact) mass is 281 g/mol. The van der Waals surface area contributed by atoms with Crippen LogP contribution in [-0.4, -0.2) is 28.4 Å². The lowest BCUT2D eigenvalue weighted by molar-refractivity contribution is -0.144. The van der Waals surface area contributed by atoms with E-state index in [-0.39, 0.29) is 6.04 Å². The zero-order valence-electron chi connectivity index (χ0n) is 12.1. The molecule has 0 saturated carbocycles. The molecule has 0 aliphatic carbocycles. The standard InChI is InChI=1S/C15H23NO2S/c1-11(2)16-15(4,14(17)18)9-10-19-13-8-6-5-7-12(13)3/h5-8,11,16H,9-10H2,1-4H3,(H,17,18). The smallest absolute Gasteiger partial charge is 0.323 e. The second-order valence-electron chi connectivity index (χ2n) is 5.30. The molecular weight excluding hydrogens is 258 g/mol. The van der Waals surface area contributed by atoms with E-state index in [2.05, 4.69) is 24.4 Å². The summed E-state index contributed by atoms with van der Waals surface area (Å²) in [6.45, 7) is 7.77. The number of hydrogen-bond acceptors (Lipinski definition) is 3. The highest BCUT2D eigenvalue weighted by atomic mass is 32.2. The molecule has 106 valence electrons. The van der Waals surface area contributed by atoms with Crippen molar-refractivity contribution in [2.75, 3.05) is 5.75 Å². The average molecular weight is 281 g/mol. The van der Waals surface area contributed by atoms with E-state index in [9.17, 15) is 9.90 Å². The lowest BCUT2D eigenvalue weighted by atomic mass is 9.98. The van der Waals surface area contributed by atoms with E-state index >= 15 is 0 Å². The van der Waals surface area contributed by atoms with Gasteiger partial charge >= 0.3 is 5.97 Å². The minimum Gasteiger partial charge on any atom is -0.480 e. The van der Waals surface area contributed by atoms with Crippen molar-refractivity contribution in [1.82, 2.24) is 5.32 Å². The van der Waals surface area contributed by atoms with Gasteiger partial charge in [-0.3, -0.25) is 10.1 Å². The van der Waals surface area contributed by atoms with Crippen molar-refractivity contribution < 1.29 is 9.90 Å². The van der Waals surface area contributed by atoms with Gasteiger partial charge in [0.1, 0.15) is 5.54 Å². The lowest BCUT2D eigenvalue weighted by Gasteiger charge is -2.28. The number of carboxylic acid groups (broad SMARTS) is 1. The molecule has 0 spiro atoms. The summed E-state index contributed by atoms with van der Waals surface area (Å²) in [5.74, 6) is -0.000478. The van der Waals surface area contributed by atoms with E-state index in [4.69, 9.17) is 0 Å². The maximum absolute atomic E-state index is 11.4. The number of hydrogen-bond donors (Lipinski definition) is 2. The molecule has 1 unspecified atom stereocenters. The Balaban J connectivity index is 2.58. The van der Waals surface area contributed by atoms with Crippen molar-refractivity contribution in [2.24, 2.45) is 0 Å². The third-order valence-corrected chi connectivity index (χ3v) is 4.21. The van der Waals surface area contributed by atoms with Crippen LogP contribution in [0, 0.1) is 6.92 Å². The molecule has 0 fully saturated rings. The molecule has 4 heteroatoms. The van der Waals surface area contributed by atoms with Gasteiger partial charge in [0, 0.05) is 16.7 Å². The predicted octanol–water partition coefficient (Wildman–Crippen LogP) is 3.32. The molecule has 19 heavy (non-hydrogen) atoms. The number of carbonyl (C=O) groups is 1. The molecule has 3 nitrogen and oxygen atoms in total. The van der Waals surface area contributed by atoms with Gasteiger partial charge in [-0.25, -0.2) is 0 Å². The molecule has 1 aromatic carbocycles. The summed E-state index contributed by atoms with van der Waals surface area (Å²) in [6, 6.07) is 8.34. The van der Waals surface area contributed by atoms with E-state index < -0.39 is 11.5 Å². The van der Waals surface area contributed by atoms with E-state index in [1.165, 1.54) is 10.5 Å². The number of nitrogens with one attached hydrogen (secondary N) is 1. The minimum absolute atomic E-state index is 0.157. The van der Waals surface area contributed by atoms with Crippen LogP contribution >= 0.6 is 11.8 Å². The first-order valence-corrected chi connectivity index (χ1v) is 7.53. The minimum atomic E-state index is -0.857. The first-order valence-electron chi connectivity index (χ1n) is 6.54. The van der Waals surface area contributed by atoms with E-state index in [0.29, 0.717) is 6.42 Å². The van der Waals surface area contributed by atoms with Crippen LogP contribution < -0.4 is 5.32 Å². The van der Waals surface area contributed by atoms with Gasteiger partial charge in [-0.15, -0.1) is 11.8 Å². The largest absolute Gasteiger partial charge is 0.480 e. The van der Waals surface area contributed by atoms with Gasteiger partial charge in [-0.1, -0.05) is 18.2 Å². The number of aliphatic carboxylic acids is 1. The SMILES string of the molecule is Cc1ccccc1SCCC(C)(NC(C)C)C(=O)O. The topological polar surface area (TPSA) is 49.3 Å². The Morgan fingerprint density at radius 2 is 2.05 bits per heavy atom. The Kier molecular flexibility index (Phi) is 5.88. The van der Waals surface area contributed by atoms with Crippen molar-refractivity contribution >= 4 is 17.7 Å². The van der Waals surface area contributed by atoms with Gasteiger partial charge in [0.25, 0.3) is 0 Å². The first-order chi connectivity index (χ1) is 8.85. The molecule has 1 aromatic rings. The summed E-state index contributed by atoms with van der Waals surface area (Å²) in [6.07, 6.45) is 0.597. The van der Waals surface area contributed by atoms with Crippen molar-refractivity contribution in [3.8, 4) is 0 Å². The Labute approximate surface area is 119 Å². The number of thioether (sulfide) groups is 1. The van der Waals surface area contributed by atoms with Crippen LogP contribution in [0.3, 0.4) is 0 Å². The highest BCUT2D eigenvalue weighted by Gasteiger charge is 2.32. The number of rotatable bonds is 7. The quantitative estimate of drug-likeness (QED) is 0.753. The lowest BCUT2D eigenvalue weighted by Crippen LogP contribution is -2.52. The normalized spacial score (nSPS) is 14.4. The van der Waals surface area contributed by atoms with Crippen molar-refractivity contribution in [3.63, 3.8) is 0 Å². The summed E-state index contributed by atoms with van der Waals surface area (Å²) in [4.78, 5) is 12.6. The van der Waals surface area contributed by atoms with Crippen molar-refractivity contribution in [2.45, 2.75) is 50.6 Å². The zero-order valence-corrected chi connectivity index (χ0v) is 12.9. The predicted molar refractivity (Wildman–Crippen MR) is 80.8 cm³/mol. The van der Waals surface area contributed by atoms with Gasteiger partial charge in [-0.2, -0.15) is 0 Å². The fraction of sp³-hybridized carbons (Fsp3) is 0.533. The average Bonchev–Trinajstić information content (AvgIpc) is 2.30. The Morgan fingerprint density at radius 3 is 2.58 bits per heavy atom. The first kappa shape index (κ1) is 16.1.